The molecule has 1 fully saturated rings. The molecule has 0 bridgehead atoms. The molecule has 1 aliphatic heterocycles. The zero-order valence-corrected chi connectivity index (χ0v) is 20.9. The monoisotopic (exact) mass is 536 g/mol. The van der Waals surface area contributed by atoms with Crippen LogP contribution in [0.15, 0.2) is 47.3 Å². The Kier molecular flexibility index (Phi) is 9.21. The van der Waals surface area contributed by atoms with Crippen LogP contribution >= 0.6 is 0 Å². The van der Waals surface area contributed by atoms with Crippen LogP contribution in [0.2, 0.25) is 0 Å². The van der Waals surface area contributed by atoms with Crippen molar-refractivity contribution in [3.63, 3.8) is 0 Å². The van der Waals surface area contributed by atoms with Crippen LogP contribution in [0.3, 0.4) is 0 Å². The molecule has 1 aromatic heterocycles. The second-order valence-corrected chi connectivity index (χ2v) is 9.33. The van der Waals surface area contributed by atoms with Crippen LogP contribution in [0.1, 0.15) is 35.5 Å². The van der Waals surface area contributed by atoms with Crippen LogP contribution < -0.4 is 5.56 Å². The van der Waals surface area contributed by atoms with Gasteiger partial charge in [0.1, 0.15) is 5.82 Å². The smallest absolute Gasteiger partial charge is 0.475 e. The van der Waals surface area contributed by atoms with E-state index in [1.165, 1.54) is 6.07 Å². The van der Waals surface area contributed by atoms with E-state index >= 15 is 0 Å². The Morgan fingerprint density at radius 2 is 1.66 bits per heavy atom. The SMILES string of the molecule is CC(C)CN1CCN(C(=O)c2cc(Cc3n[nH]c(=O)c4ccccc34)ccc2F)CC1.O=C(O)C(F)(F)F. The second kappa shape index (κ2) is 12.2. The summed E-state index contributed by atoms with van der Waals surface area (Å²) in [6.45, 7) is 8.17. The van der Waals surface area contributed by atoms with E-state index < -0.39 is 18.0 Å². The van der Waals surface area contributed by atoms with Crippen LogP contribution in [0, 0.1) is 11.7 Å². The molecule has 8 nitrogen and oxygen atoms in total. The third-order valence-electron chi connectivity index (χ3n) is 5.93. The number of amides is 1. The summed E-state index contributed by atoms with van der Waals surface area (Å²) < 4.78 is 46.3. The van der Waals surface area contributed by atoms with Gasteiger partial charge >= 0.3 is 12.1 Å². The third-order valence-corrected chi connectivity index (χ3v) is 5.93. The number of carboxylic acids is 1. The molecule has 38 heavy (non-hydrogen) atoms. The molecule has 0 spiro atoms. The van der Waals surface area contributed by atoms with Crippen LogP contribution in [-0.4, -0.2) is 75.9 Å². The fourth-order valence-corrected chi connectivity index (χ4v) is 4.17. The van der Waals surface area contributed by atoms with Crippen molar-refractivity contribution in [2.75, 3.05) is 32.7 Å². The van der Waals surface area contributed by atoms with Crippen molar-refractivity contribution in [2.24, 2.45) is 5.92 Å². The Bertz CT molecular complexity index is 1350. The number of carbonyl (C=O) groups excluding carboxylic acids is 1. The molecule has 1 amide bonds. The first-order chi connectivity index (χ1) is 17.9. The maximum Gasteiger partial charge on any atom is 0.490 e. The van der Waals surface area contributed by atoms with Crippen molar-refractivity contribution < 1.29 is 32.3 Å². The number of carboxylic acid groups (broad SMARTS) is 1. The van der Waals surface area contributed by atoms with Gasteiger partial charge in [-0.25, -0.2) is 14.3 Å². The summed E-state index contributed by atoms with van der Waals surface area (Å²) in [6, 6.07) is 11.9. The van der Waals surface area contributed by atoms with Gasteiger partial charge in [0.15, 0.2) is 0 Å². The van der Waals surface area contributed by atoms with Gasteiger partial charge in [0.05, 0.1) is 16.6 Å². The van der Waals surface area contributed by atoms with Crippen LogP contribution in [0.5, 0.6) is 0 Å². The first-order valence-electron chi connectivity index (χ1n) is 11.9. The van der Waals surface area contributed by atoms with Crippen molar-refractivity contribution in [2.45, 2.75) is 26.4 Å². The Morgan fingerprint density at radius 3 is 2.24 bits per heavy atom. The molecule has 1 saturated heterocycles. The van der Waals surface area contributed by atoms with Gasteiger partial charge in [-0.05, 0) is 29.7 Å². The number of halogens is 4. The summed E-state index contributed by atoms with van der Waals surface area (Å²) >= 11 is 0. The first kappa shape index (κ1) is 28.8. The highest BCUT2D eigenvalue weighted by molar-refractivity contribution is 5.95. The maximum atomic E-state index is 14.5. The number of aromatic amines is 1. The average molecular weight is 537 g/mol. The summed E-state index contributed by atoms with van der Waals surface area (Å²) in [7, 11) is 0. The van der Waals surface area contributed by atoms with Gasteiger partial charge in [-0.15, -0.1) is 0 Å². The van der Waals surface area contributed by atoms with E-state index in [-0.39, 0.29) is 17.0 Å². The maximum absolute atomic E-state index is 14.5. The third kappa shape index (κ3) is 7.37. The lowest BCUT2D eigenvalue weighted by Gasteiger charge is -2.35. The molecule has 3 aromatic rings. The molecular formula is C26H28F4N4O4. The van der Waals surface area contributed by atoms with Gasteiger partial charge < -0.3 is 10.0 Å². The van der Waals surface area contributed by atoms with Gasteiger partial charge in [-0.1, -0.05) is 38.1 Å². The van der Waals surface area contributed by atoms with Crippen molar-refractivity contribution >= 4 is 22.6 Å². The van der Waals surface area contributed by atoms with Crippen LogP contribution in [0.25, 0.3) is 10.8 Å². The minimum Gasteiger partial charge on any atom is -0.475 e. The summed E-state index contributed by atoms with van der Waals surface area (Å²) in [5, 5.41) is 15.1. The normalized spacial score (nSPS) is 14.3. The van der Waals surface area contributed by atoms with Crippen molar-refractivity contribution in [3.05, 3.63) is 75.5 Å². The van der Waals surface area contributed by atoms with E-state index in [0.717, 1.165) is 30.6 Å². The number of nitrogens with zero attached hydrogens (tertiary/aromatic N) is 3. The van der Waals surface area contributed by atoms with E-state index in [4.69, 9.17) is 9.90 Å². The molecule has 0 saturated carbocycles. The number of nitrogens with one attached hydrogen (secondary N) is 1. The largest absolute Gasteiger partial charge is 0.490 e. The zero-order valence-electron chi connectivity index (χ0n) is 20.9. The number of rotatable bonds is 5. The minimum absolute atomic E-state index is 0.0866. The molecule has 0 unspecified atom stereocenters. The fraction of sp³-hybridized carbons (Fsp3) is 0.385. The molecule has 204 valence electrons. The number of hydrogen-bond acceptors (Lipinski definition) is 5. The van der Waals surface area contributed by atoms with Gasteiger partial charge in [-0.2, -0.15) is 18.3 Å². The predicted molar refractivity (Wildman–Crippen MR) is 132 cm³/mol. The molecule has 2 heterocycles. The number of carbonyl (C=O) groups is 2. The minimum atomic E-state index is -5.08. The Morgan fingerprint density at radius 1 is 1.05 bits per heavy atom. The lowest BCUT2D eigenvalue weighted by Crippen LogP contribution is -2.49. The Hall–Kier alpha value is -3.80. The Balaban J connectivity index is 0.000000505. The highest BCUT2D eigenvalue weighted by Crippen LogP contribution is 2.20. The lowest BCUT2D eigenvalue weighted by molar-refractivity contribution is -0.192. The first-order valence-corrected chi connectivity index (χ1v) is 11.9. The number of piperazine rings is 1. The van der Waals surface area contributed by atoms with E-state index in [1.54, 1.807) is 29.2 Å². The summed E-state index contributed by atoms with van der Waals surface area (Å²) in [6.07, 6.45) is -4.69. The summed E-state index contributed by atoms with van der Waals surface area (Å²) in [4.78, 5) is 38.0. The lowest BCUT2D eigenvalue weighted by atomic mass is 10.0. The Labute approximate surface area is 215 Å². The van der Waals surface area contributed by atoms with Crippen LogP contribution in [-0.2, 0) is 11.2 Å². The fourth-order valence-electron chi connectivity index (χ4n) is 4.17. The second-order valence-electron chi connectivity index (χ2n) is 9.33. The van der Waals surface area contributed by atoms with Crippen molar-refractivity contribution in [1.82, 2.24) is 20.0 Å². The highest BCUT2D eigenvalue weighted by atomic mass is 19.4. The van der Waals surface area contributed by atoms with Gasteiger partial charge in [0, 0.05) is 44.5 Å². The molecule has 2 N–H and O–H groups in total. The van der Waals surface area contributed by atoms with Crippen LogP contribution in [0.4, 0.5) is 17.6 Å². The number of hydrogen-bond donors (Lipinski definition) is 2. The zero-order chi connectivity index (χ0) is 28.0. The standard InChI is InChI=1S/C24H27FN4O2.C2HF3O2/c1-16(2)15-28-9-11-29(12-10-28)24(31)20-13-17(7-8-21(20)25)14-22-18-5-3-4-6-19(18)23(30)27-26-22;3-2(4,5)1(6)7/h3-8,13,16H,9-12,14-15H2,1-2H3,(H,27,30);(H,6,7). The van der Waals surface area contributed by atoms with E-state index in [2.05, 4.69) is 28.9 Å². The van der Waals surface area contributed by atoms with Crippen molar-refractivity contribution in [3.8, 4) is 0 Å². The number of alkyl halides is 3. The van der Waals surface area contributed by atoms with E-state index in [1.807, 2.05) is 12.1 Å². The van der Waals surface area contributed by atoms with Crippen molar-refractivity contribution in [1.29, 1.82) is 0 Å². The van der Waals surface area contributed by atoms with E-state index in [9.17, 15) is 27.2 Å². The van der Waals surface area contributed by atoms with E-state index in [0.29, 0.717) is 36.5 Å². The number of aromatic nitrogens is 2. The predicted octanol–water partition coefficient (Wildman–Crippen LogP) is 3.70. The highest BCUT2D eigenvalue weighted by Gasteiger charge is 2.38. The summed E-state index contributed by atoms with van der Waals surface area (Å²) in [5.41, 5.74) is 1.30. The molecule has 4 rings (SSSR count). The molecule has 0 atom stereocenters. The number of H-pyrrole nitrogens is 1. The van der Waals surface area contributed by atoms with Gasteiger partial charge in [0.25, 0.3) is 11.5 Å². The number of benzene rings is 2. The molecular weight excluding hydrogens is 508 g/mol. The molecule has 2 aromatic carbocycles. The molecule has 0 aliphatic carbocycles. The summed E-state index contributed by atoms with van der Waals surface area (Å²) in [5.74, 6) is -2.97. The quantitative estimate of drug-likeness (QED) is 0.482. The van der Waals surface area contributed by atoms with Gasteiger partial charge in [-0.3, -0.25) is 14.5 Å². The topological polar surface area (TPSA) is 107 Å². The number of fused-ring (bicyclic) bond motifs is 1. The molecule has 12 heteroatoms. The average Bonchev–Trinajstić information content (AvgIpc) is 2.86. The molecule has 0 radical (unpaired) electrons. The molecule has 1 aliphatic rings. The van der Waals surface area contributed by atoms with Gasteiger partial charge in [0.2, 0.25) is 0 Å². The number of aliphatic carboxylic acids is 1.